The maximum Gasteiger partial charge on any atom is 0.406 e. The van der Waals surface area contributed by atoms with Gasteiger partial charge in [-0.25, -0.2) is 4.98 Å². The number of aliphatic carboxylic acids is 1. The van der Waals surface area contributed by atoms with E-state index in [0.717, 1.165) is 4.88 Å². The van der Waals surface area contributed by atoms with Crippen LogP contribution in [-0.4, -0.2) is 34.8 Å². The molecule has 1 unspecified atom stereocenters. The van der Waals surface area contributed by atoms with Crippen LogP contribution >= 0.6 is 11.3 Å². The third-order valence-corrected chi connectivity index (χ3v) is 4.39. The highest BCUT2D eigenvalue weighted by atomic mass is 32.1. The average molecular weight is 308 g/mol. The Morgan fingerprint density at radius 2 is 2.20 bits per heavy atom. The van der Waals surface area contributed by atoms with Crippen LogP contribution in [0.15, 0.2) is 0 Å². The van der Waals surface area contributed by atoms with Crippen LogP contribution in [0.25, 0.3) is 0 Å². The number of anilines is 1. The van der Waals surface area contributed by atoms with Crippen molar-refractivity contribution in [2.24, 2.45) is 0 Å². The van der Waals surface area contributed by atoms with Crippen LogP contribution in [0.1, 0.15) is 36.8 Å². The molecule has 0 radical (unpaired) electrons. The quantitative estimate of drug-likeness (QED) is 0.929. The van der Waals surface area contributed by atoms with E-state index in [9.17, 15) is 18.0 Å². The summed E-state index contributed by atoms with van der Waals surface area (Å²) in [5.74, 6) is -1.65. The lowest BCUT2D eigenvalue weighted by Gasteiger charge is -2.27. The van der Waals surface area contributed by atoms with E-state index >= 15 is 0 Å². The maximum absolute atomic E-state index is 12.6. The summed E-state index contributed by atoms with van der Waals surface area (Å²) >= 11 is 1.17. The molecule has 20 heavy (non-hydrogen) atoms. The number of thiazole rings is 1. The van der Waals surface area contributed by atoms with Crippen molar-refractivity contribution in [3.8, 4) is 0 Å². The molecule has 1 aliphatic rings. The molecular formula is C12H15F3N2O2S. The van der Waals surface area contributed by atoms with Crippen molar-refractivity contribution in [1.82, 2.24) is 4.98 Å². The number of rotatable bonds is 4. The molecule has 0 bridgehead atoms. The van der Waals surface area contributed by atoms with Crippen molar-refractivity contribution in [3.63, 3.8) is 0 Å². The summed E-state index contributed by atoms with van der Waals surface area (Å²) in [6, 6.07) is -0.355. The average Bonchev–Trinajstić information content (AvgIpc) is 2.82. The zero-order valence-corrected chi connectivity index (χ0v) is 11.9. The predicted octanol–water partition coefficient (Wildman–Crippen LogP) is 3.03. The molecule has 0 amide bonds. The van der Waals surface area contributed by atoms with Gasteiger partial charge in [0, 0.05) is 10.9 Å². The Labute approximate surface area is 118 Å². The van der Waals surface area contributed by atoms with Crippen LogP contribution in [0.4, 0.5) is 18.3 Å². The van der Waals surface area contributed by atoms with E-state index in [4.69, 9.17) is 5.11 Å². The van der Waals surface area contributed by atoms with Gasteiger partial charge in [-0.1, -0.05) is 0 Å². The van der Waals surface area contributed by atoms with E-state index in [0.29, 0.717) is 18.5 Å². The smallest absolute Gasteiger partial charge is 0.406 e. The molecule has 0 spiro atoms. The molecule has 1 aromatic heterocycles. The summed E-state index contributed by atoms with van der Waals surface area (Å²) in [6.07, 6.45) is -3.26. The fourth-order valence-corrected chi connectivity index (χ4v) is 3.51. The predicted molar refractivity (Wildman–Crippen MR) is 69.3 cm³/mol. The maximum atomic E-state index is 12.6. The Hall–Kier alpha value is -1.31. The highest BCUT2D eigenvalue weighted by Crippen LogP contribution is 2.40. The van der Waals surface area contributed by atoms with Gasteiger partial charge in [0.1, 0.15) is 12.5 Å². The molecular weight excluding hydrogens is 293 g/mol. The van der Waals surface area contributed by atoms with Crippen molar-refractivity contribution >= 4 is 22.4 Å². The van der Waals surface area contributed by atoms with Crippen molar-refractivity contribution in [2.45, 2.75) is 44.8 Å². The molecule has 1 heterocycles. The SMILES string of the molecule is CC(C)N(CC(F)(F)F)c1nc2c(s1)CCC2C(=O)O. The molecule has 1 N–H and O–H groups in total. The largest absolute Gasteiger partial charge is 0.481 e. The summed E-state index contributed by atoms with van der Waals surface area (Å²) in [6.45, 7) is 2.24. The lowest BCUT2D eigenvalue weighted by molar-refractivity contribution is -0.138. The molecule has 112 valence electrons. The van der Waals surface area contributed by atoms with Crippen LogP contribution in [0.5, 0.6) is 0 Å². The first-order valence-corrected chi connectivity index (χ1v) is 7.06. The van der Waals surface area contributed by atoms with E-state index in [1.165, 1.54) is 16.2 Å². The molecule has 0 aromatic carbocycles. The first-order valence-electron chi connectivity index (χ1n) is 6.25. The molecule has 0 saturated heterocycles. The van der Waals surface area contributed by atoms with E-state index < -0.39 is 24.6 Å². The lowest BCUT2D eigenvalue weighted by Crippen LogP contribution is -2.39. The van der Waals surface area contributed by atoms with Gasteiger partial charge in [-0.2, -0.15) is 13.2 Å². The molecule has 0 fully saturated rings. The van der Waals surface area contributed by atoms with Crippen LogP contribution in [0.2, 0.25) is 0 Å². The fourth-order valence-electron chi connectivity index (χ4n) is 2.24. The lowest BCUT2D eigenvalue weighted by atomic mass is 10.1. The first-order chi connectivity index (χ1) is 9.19. The molecule has 1 aliphatic carbocycles. The van der Waals surface area contributed by atoms with E-state index in [2.05, 4.69) is 4.98 Å². The summed E-state index contributed by atoms with van der Waals surface area (Å²) in [5.41, 5.74) is 0.435. The number of alkyl halides is 3. The number of carboxylic acids is 1. The Bertz CT molecular complexity index is 513. The highest BCUT2D eigenvalue weighted by Gasteiger charge is 2.36. The van der Waals surface area contributed by atoms with Gasteiger partial charge in [0.25, 0.3) is 0 Å². The number of carboxylic acid groups (broad SMARTS) is 1. The number of hydrogen-bond donors (Lipinski definition) is 1. The third kappa shape index (κ3) is 3.05. The standard InChI is InChI=1S/C12H15F3N2O2S/c1-6(2)17(5-12(13,14)15)11-16-9-7(10(18)19)3-4-8(9)20-11/h6-7H,3-5H2,1-2H3,(H,18,19). The second-order valence-corrected chi connectivity index (χ2v) is 6.13. The van der Waals surface area contributed by atoms with E-state index in [1.54, 1.807) is 13.8 Å². The van der Waals surface area contributed by atoms with E-state index in [1.807, 2.05) is 0 Å². The molecule has 1 aromatic rings. The zero-order valence-electron chi connectivity index (χ0n) is 11.1. The van der Waals surface area contributed by atoms with Gasteiger partial charge in [-0.3, -0.25) is 4.79 Å². The van der Waals surface area contributed by atoms with Crippen molar-refractivity contribution < 1.29 is 23.1 Å². The van der Waals surface area contributed by atoms with Gasteiger partial charge < -0.3 is 10.0 Å². The highest BCUT2D eigenvalue weighted by molar-refractivity contribution is 7.15. The normalized spacial score (nSPS) is 18.4. The minimum Gasteiger partial charge on any atom is -0.481 e. The Kier molecular flexibility index (Phi) is 3.95. The second kappa shape index (κ2) is 5.23. The van der Waals surface area contributed by atoms with Crippen molar-refractivity contribution in [1.29, 1.82) is 0 Å². The fraction of sp³-hybridized carbons (Fsp3) is 0.667. The number of hydrogen-bond acceptors (Lipinski definition) is 4. The minimum absolute atomic E-state index is 0.258. The number of aryl methyl sites for hydroxylation is 1. The third-order valence-electron chi connectivity index (χ3n) is 3.22. The Balaban J connectivity index is 2.28. The van der Waals surface area contributed by atoms with Gasteiger partial charge in [-0.05, 0) is 26.7 Å². The molecule has 8 heteroatoms. The summed E-state index contributed by atoms with van der Waals surface area (Å²) in [7, 11) is 0. The molecule has 4 nitrogen and oxygen atoms in total. The van der Waals surface area contributed by atoms with Crippen LogP contribution in [0, 0.1) is 0 Å². The monoisotopic (exact) mass is 308 g/mol. The first kappa shape index (κ1) is 15.1. The van der Waals surface area contributed by atoms with Crippen molar-refractivity contribution in [3.05, 3.63) is 10.6 Å². The van der Waals surface area contributed by atoms with Gasteiger partial charge in [0.2, 0.25) is 0 Å². The van der Waals surface area contributed by atoms with Crippen molar-refractivity contribution in [2.75, 3.05) is 11.4 Å². The second-order valence-electron chi connectivity index (χ2n) is 5.07. The number of halogens is 3. The van der Waals surface area contributed by atoms with Gasteiger partial charge in [0.15, 0.2) is 5.13 Å². The molecule has 2 rings (SSSR count). The van der Waals surface area contributed by atoms with Crippen LogP contribution < -0.4 is 4.90 Å². The zero-order chi connectivity index (χ0) is 15.1. The van der Waals surface area contributed by atoms with Crippen LogP contribution in [-0.2, 0) is 11.2 Å². The summed E-state index contributed by atoms with van der Waals surface area (Å²) < 4.78 is 37.8. The Morgan fingerprint density at radius 3 is 2.70 bits per heavy atom. The van der Waals surface area contributed by atoms with E-state index in [-0.39, 0.29) is 11.2 Å². The number of aromatic nitrogens is 1. The molecule has 0 aliphatic heterocycles. The number of fused-ring (bicyclic) bond motifs is 1. The number of carbonyl (C=O) groups is 1. The van der Waals surface area contributed by atoms with Crippen LogP contribution in [0.3, 0.4) is 0 Å². The summed E-state index contributed by atoms with van der Waals surface area (Å²) in [4.78, 5) is 17.2. The summed E-state index contributed by atoms with van der Waals surface area (Å²) in [5, 5.41) is 9.33. The molecule has 0 saturated carbocycles. The van der Waals surface area contributed by atoms with Gasteiger partial charge >= 0.3 is 12.1 Å². The topological polar surface area (TPSA) is 53.4 Å². The minimum atomic E-state index is -4.31. The Morgan fingerprint density at radius 1 is 1.55 bits per heavy atom. The molecule has 1 atom stereocenters. The van der Waals surface area contributed by atoms with Gasteiger partial charge in [0.05, 0.1) is 5.69 Å². The van der Waals surface area contributed by atoms with Gasteiger partial charge in [-0.15, -0.1) is 11.3 Å². The number of nitrogens with zero attached hydrogens (tertiary/aromatic N) is 2.